The van der Waals surface area contributed by atoms with E-state index >= 15 is 0 Å². The van der Waals surface area contributed by atoms with Crippen LogP contribution in [-0.4, -0.2) is 22.6 Å². The van der Waals surface area contributed by atoms with E-state index in [1.165, 1.54) is 0 Å². The maximum Gasteiger partial charge on any atom is 0.242 e. The van der Waals surface area contributed by atoms with Crippen molar-refractivity contribution >= 4 is 10.4 Å². The monoisotopic (exact) mass is 317 g/mol. The van der Waals surface area contributed by atoms with Crippen LogP contribution in [0.2, 0.25) is 0 Å². The maximum atomic E-state index is 8.63. The minimum atomic E-state index is -4.92. The van der Waals surface area contributed by atoms with Crippen LogP contribution in [0.4, 0.5) is 0 Å². The average Bonchev–Trinajstić information content (AvgIpc) is 2.38. The van der Waals surface area contributed by atoms with Crippen molar-refractivity contribution in [3.63, 3.8) is 0 Å². The molecule has 0 radical (unpaired) electrons. The predicted octanol–water partition coefficient (Wildman–Crippen LogP) is -0.661. The molecule has 0 saturated heterocycles. The molecule has 0 saturated carbocycles. The third kappa shape index (κ3) is 13.6. The Labute approximate surface area is 119 Å². The molecule has 0 spiro atoms. The molecule has 21 heavy (non-hydrogen) atoms. The fourth-order valence-corrected chi connectivity index (χ4v) is 1.09. The maximum absolute atomic E-state index is 8.63. The van der Waals surface area contributed by atoms with E-state index in [0.717, 1.165) is 0 Å². The summed E-state index contributed by atoms with van der Waals surface area (Å²) in [5, 5.41) is 14.8. The first-order chi connectivity index (χ1) is 9.70. The van der Waals surface area contributed by atoms with Gasteiger partial charge in [-0.25, -0.2) is 8.42 Å². The molecule has 2 rings (SSSR count). The Balaban J connectivity index is 0.000000374. The Morgan fingerprint density at radius 2 is 1.00 bits per heavy atom. The number of pyridine rings is 2. The van der Waals surface area contributed by atoms with Gasteiger partial charge in [-0.15, -0.1) is 0 Å². The van der Waals surface area contributed by atoms with Crippen LogP contribution in [0.25, 0.3) is 0 Å². The van der Waals surface area contributed by atoms with E-state index in [-0.39, 0.29) is 0 Å². The molecule has 0 aromatic carbocycles. The summed E-state index contributed by atoms with van der Waals surface area (Å²) in [5.74, 6) is 0. The molecule has 10 nitrogen and oxygen atoms in total. The zero-order valence-corrected chi connectivity index (χ0v) is 11.2. The van der Waals surface area contributed by atoms with Crippen LogP contribution in [0.5, 0.6) is 0 Å². The Hall–Kier alpha value is -2.63. The Morgan fingerprint density at radius 3 is 1.19 bits per heavy atom. The molecule has 2 aromatic heterocycles. The molecule has 0 unspecified atom stereocenters. The highest BCUT2D eigenvalue weighted by Crippen LogP contribution is 1.76. The minimum absolute atomic E-state index is 1.75. The van der Waals surface area contributed by atoms with Gasteiger partial charge < -0.3 is 19.9 Å². The van der Waals surface area contributed by atoms with Crippen molar-refractivity contribution < 1.29 is 32.0 Å². The second-order valence-corrected chi connectivity index (χ2v) is 4.02. The summed E-state index contributed by atoms with van der Waals surface area (Å²) in [6.07, 6.45) is 8.00. The Kier molecular flexibility index (Phi) is 8.14. The molecule has 0 aliphatic carbocycles. The van der Waals surface area contributed by atoms with Crippen LogP contribution in [0.1, 0.15) is 0 Å². The van der Waals surface area contributed by atoms with E-state index < -0.39 is 15.5 Å². The molecular formula is C10H11N3O7S. The van der Waals surface area contributed by atoms with Crippen molar-refractivity contribution in [1.82, 2.24) is 0 Å². The van der Waals surface area contributed by atoms with Gasteiger partial charge >= 0.3 is 0 Å². The van der Waals surface area contributed by atoms with Gasteiger partial charge in [-0.3, -0.25) is 4.55 Å². The highest BCUT2D eigenvalue weighted by atomic mass is 32.3. The van der Waals surface area contributed by atoms with Crippen LogP contribution < -0.4 is 9.35 Å². The zero-order valence-electron chi connectivity index (χ0n) is 10.4. The molecule has 11 heteroatoms. The Morgan fingerprint density at radius 1 is 0.810 bits per heavy atom. The summed E-state index contributed by atoms with van der Waals surface area (Å²) in [7, 11) is -4.92. The van der Waals surface area contributed by atoms with Crippen LogP contribution in [0.15, 0.2) is 61.2 Å². The van der Waals surface area contributed by atoms with Crippen molar-refractivity contribution in [3.05, 3.63) is 76.5 Å². The smallest absolute Gasteiger partial charge is 0.242 e. The van der Waals surface area contributed by atoms with E-state index in [2.05, 4.69) is 0 Å². The van der Waals surface area contributed by atoms with Crippen LogP contribution in [0.3, 0.4) is 0 Å². The van der Waals surface area contributed by atoms with Gasteiger partial charge in [-0.2, -0.15) is 0 Å². The van der Waals surface area contributed by atoms with E-state index in [1.54, 1.807) is 0 Å². The molecule has 0 amide bonds. The van der Waals surface area contributed by atoms with Gasteiger partial charge in [-0.05, 0) is 12.1 Å². The second-order valence-electron chi connectivity index (χ2n) is 3.16. The normalized spacial score (nSPS) is 9.43. The highest BCUT2D eigenvalue weighted by Gasteiger charge is 2.06. The number of rotatable bonds is 1. The fourth-order valence-electron chi connectivity index (χ4n) is 1.09. The van der Waals surface area contributed by atoms with Crippen molar-refractivity contribution in [1.29, 1.82) is 0 Å². The Bertz CT molecular complexity index is 585. The molecule has 0 atom stereocenters. The van der Waals surface area contributed by atoms with Gasteiger partial charge in [0.1, 0.15) is 0 Å². The lowest BCUT2D eigenvalue weighted by Gasteiger charge is -1.88. The quantitative estimate of drug-likeness (QED) is 0.241. The summed E-state index contributed by atoms with van der Waals surface area (Å²) in [6, 6.07) is 12.0. The molecule has 2 aromatic rings. The first kappa shape index (κ1) is 18.4. The summed E-state index contributed by atoms with van der Waals surface area (Å²) in [6.45, 7) is 0. The van der Waals surface area contributed by atoms with Gasteiger partial charge in [0.25, 0.3) is 0 Å². The van der Waals surface area contributed by atoms with Gasteiger partial charge in [0.05, 0.1) is 14.4 Å². The summed E-state index contributed by atoms with van der Waals surface area (Å²) >= 11 is 0. The lowest BCUT2D eigenvalue weighted by Crippen LogP contribution is -2.65. The van der Waals surface area contributed by atoms with Crippen molar-refractivity contribution in [2.75, 3.05) is 0 Å². The molecule has 0 fully saturated rings. The standard InChI is InChI=1S/C10H10N2.NO3.H2O4S/c1-3-7-11(8-4-1)12-9-5-2-6-10-12;2-1(3)4;1-5(2,3)4/h1-10H;;(H2,1,2,3,4)/q+2;-1;/p-1. The van der Waals surface area contributed by atoms with Gasteiger partial charge in [-0.1, -0.05) is 0 Å². The van der Waals surface area contributed by atoms with Crippen LogP contribution >= 0.6 is 0 Å². The molecule has 0 aliphatic rings. The fraction of sp³-hybridized carbons (Fsp3) is 0. The first-order valence-electron chi connectivity index (χ1n) is 5.13. The molecule has 2 heterocycles. The summed E-state index contributed by atoms with van der Waals surface area (Å²) in [4.78, 5) is 8.25. The zero-order chi connectivity index (χ0) is 16.3. The van der Waals surface area contributed by atoms with Gasteiger partial charge in [0.15, 0.2) is 0 Å². The molecule has 1 N–H and O–H groups in total. The third-order valence-corrected chi connectivity index (χ3v) is 1.67. The second kappa shape index (κ2) is 9.30. The minimum Gasteiger partial charge on any atom is -0.726 e. The molecule has 0 aliphatic heterocycles. The number of hydrogen-bond donors (Lipinski definition) is 1. The molecule has 114 valence electrons. The van der Waals surface area contributed by atoms with E-state index in [4.69, 9.17) is 32.8 Å². The van der Waals surface area contributed by atoms with Crippen LogP contribution in [-0.2, 0) is 10.4 Å². The number of hydrogen-bond acceptors (Lipinski definition) is 6. The SMILES string of the molecule is O=S(=O)([O-])O.O=[N+]([O-])[O-].c1cc[n+](-[n+]2ccccc2)cc1. The summed E-state index contributed by atoms with van der Waals surface area (Å²) < 4.78 is 36.8. The van der Waals surface area contributed by atoms with E-state index in [9.17, 15) is 0 Å². The lowest BCUT2D eigenvalue weighted by molar-refractivity contribution is -1.30. The highest BCUT2D eigenvalue weighted by molar-refractivity contribution is 7.79. The predicted molar refractivity (Wildman–Crippen MR) is 66.8 cm³/mol. The van der Waals surface area contributed by atoms with Crippen molar-refractivity contribution in [2.24, 2.45) is 0 Å². The molecular weight excluding hydrogens is 306 g/mol. The van der Waals surface area contributed by atoms with Crippen molar-refractivity contribution in [2.45, 2.75) is 0 Å². The van der Waals surface area contributed by atoms with E-state index in [0.29, 0.717) is 0 Å². The first-order valence-corrected chi connectivity index (χ1v) is 6.49. The largest absolute Gasteiger partial charge is 0.726 e. The number of aromatic nitrogens is 2. The topological polar surface area (TPSA) is 151 Å². The third-order valence-electron chi connectivity index (χ3n) is 1.67. The van der Waals surface area contributed by atoms with Gasteiger partial charge in [0.2, 0.25) is 35.2 Å². The van der Waals surface area contributed by atoms with E-state index in [1.807, 2.05) is 70.5 Å². The molecule has 0 bridgehead atoms. The summed E-state index contributed by atoms with van der Waals surface area (Å²) in [5.41, 5.74) is 0. The van der Waals surface area contributed by atoms with Crippen LogP contribution in [0, 0.1) is 15.3 Å². The average molecular weight is 317 g/mol. The lowest BCUT2D eigenvalue weighted by atomic mass is 10.5. The number of nitrogens with zero attached hydrogens (tertiary/aromatic N) is 3. The van der Waals surface area contributed by atoms with Crippen molar-refractivity contribution in [3.8, 4) is 0 Å². The van der Waals surface area contributed by atoms with Gasteiger partial charge in [0, 0.05) is 24.3 Å².